The van der Waals surface area contributed by atoms with Crippen molar-refractivity contribution in [3.63, 3.8) is 0 Å². The van der Waals surface area contributed by atoms with Gasteiger partial charge in [-0.2, -0.15) is 4.63 Å². The summed E-state index contributed by atoms with van der Waals surface area (Å²) < 4.78 is 17.1. The molecule has 1 amide bonds. The van der Waals surface area contributed by atoms with Crippen molar-refractivity contribution < 1.29 is 23.8 Å². The van der Waals surface area contributed by atoms with E-state index in [0.29, 0.717) is 28.6 Å². The lowest BCUT2D eigenvalue weighted by molar-refractivity contribution is -0.146. The Hall–Kier alpha value is -4.34. The number of anilines is 1. The van der Waals surface area contributed by atoms with E-state index < -0.39 is 11.9 Å². The minimum Gasteiger partial charge on any atom is -0.493 e. The zero-order valence-electron chi connectivity index (χ0n) is 18.4. The molecule has 0 spiro atoms. The van der Waals surface area contributed by atoms with E-state index in [-0.39, 0.29) is 13.0 Å². The lowest BCUT2D eigenvalue weighted by atomic mass is 10.1. The molecule has 2 aromatic heterocycles. The van der Waals surface area contributed by atoms with E-state index >= 15 is 0 Å². The molecule has 10 heteroatoms. The molecule has 0 atom stereocenters. The van der Waals surface area contributed by atoms with Gasteiger partial charge in [0.15, 0.2) is 29.6 Å². The van der Waals surface area contributed by atoms with Gasteiger partial charge in [-0.25, -0.2) is 4.98 Å². The first-order valence-electron chi connectivity index (χ1n) is 10.1. The maximum Gasteiger partial charge on any atom is 0.310 e. The van der Waals surface area contributed by atoms with Crippen LogP contribution in [0.25, 0.3) is 17.0 Å². The number of H-pyrrole nitrogens is 1. The summed E-state index contributed by atoms with van der Waals surface area (Å²) in [6, 6.07) is 14.1. The number of aryl methyl sites for hydroxylation is 1. The fraction of sp³-hybridized carbons (Fsp3) is 0.217. The Bertz CT molecular complexity index is 1260. The van der Waals surface area contributed by atoms with Crippen molar-refractivity contribution in [1.29, 1.82) is 0 Å². The van der Waals surface area contributed by atoms with Crippen LogP contribution in [0.2, 0.25) is 0 Å². The number of aromatic amines is 1. The van der Waals surface area contributed by atoms with Crippen LogP contribution in [-0.4, -0.2) is 52.5 Å². The van der Waals surface area contributed by atoms with Crippen LogP contribution in [-0.2, 0) is 20.7 Å². The second kappa shape index (κ2) is 9.43. The molecule has 0 aliphatic rings. The van der Waals surface area contributed by atoms with Crippen molar-refractivity contribution in [3.8, 4) is 22.9 Å². The average Bonchev–Trinajstić information content (AvgIpc) is 3.35. The molecule has 0 radical (unpaired) electrons. The fourth-order valence-corrected chi connectivity index (χ4v) is 3.27. The first-order valence-corrected chi connectivity index (χ1v) is 10.1. The largest absolute Gasteiger partial charge is 0.493 e. The predicted octanol–water partition coefficient (Wildman–Crippen LogP) is 2.77. The number of carbonyl (C=O) groups excluding carboxylic acids is 2. The normalized spacial score (nSPS) is 10.8. The van der Waals surface area contributed by atoms with Gasteiger partial charge in [0.05, 0.1) is 20.6 Å². The zero-order chi connectivity index (χ0) is 23.4. The number of ether oxygens (including phenoxy) is 3. The number of nitrogens with zero attached hydrogens (tertiary/aromatic N) is 3. The minimum absolute atomic E-state index is 0.00748. The van der Waals surface area contributed by atoms with Gasteiger partial charge in [0.1, 0.15) is 0 Å². The molecule has 0 aliphatic carbocycles. The van der Waals surface area contributed by atoms with Crippen LogP contribution < -0.4 is 14.8 Å². The van der Waals surface area contributed by atoms with Crippen LogP contribution in [0.5, 0.6) is 11.5 Å². The molecule has 0 saturated carbocycles. The number of nitrogens with one attached hydrogen (secondary N) is 2. The summed E-state index contributed by atoms with van der Waals surface area (Å²) in [6.07, 6.45) is 0.00748. The number of aromatic nitrogens is 4. The standard InChI is InChI=1S/C23H23N5O5/c1-14-10-20-25-23(27-28(20)26-14)16-5-7-17(8-6-16)24-21(29)13-33-22(30)12-15-4-9-18(31-2)19(11-15)32-3/h4-11,26H,12-13H2,1-3H3,(H,24,29). The highest BCUT2D eigenvalue weighted by atomic mass is 16.5. The summed E-state index contributed by atoms with van der Waals surface area (Å²) in [6.45, 7) is 1.54. The first kappa shape index (κ1) is 21.9. The molecule has 2 aromatic carbocycles. The van der Waals surface area contributed by atoms with E-state index in [0.717, 1.165) is 16.9 Å². The Labute approximate surface area is 189 Å². The van der Waals surface area contributed by atoms with Gasteiger partial charge in [-0.1, -0.05) is 6.07 Å². The third-order valence-corrected chi connectivity index (χ3v) is 4.85. The molecule has 0 bridgehead atoms. The monoisotopic (exact) mass is 449 g/mol. The van der Waals surface area contributed by atoms with Gasteiger partial charge in [0.2, 0.25) is 0 Å². The Balaban J connectivity index is 1.28. The Morgan fingerprint density at radius 1 is 1.03 bits per heavy atom. The van der Waals surface area contributed by atoms with Crippen LogP contribution in [0, 0.1) is 6.92 Å². The lowest BCUT2D eigenvalue weighted by Gasteiger charge is -2.10. The number of amides is 1. The first-order chi connectivity index (χ1) is 15.9. The van der Waals surface area contributed by atoms with E-state index in [1.165, 1.54) is 14.2 Å². The summed E-state index contributed by atoms with van der Waals surface area (Å²) >= 11 is 0. The zero-order valence-corrected chi connectivity index (χ0v) is 18.4. The summed E-state index contributed by atoms with van der Waals surface area (Å²) in [5, 5.41) is 10.2. The van der Waals surface area contributed by atoms with Gasteiger partial charge in [0.25, 0.3) is 5.91 Å². The van der Waals surface area contributed by atoms with Crippen LogP contribution >= 0.6 is 0 Å². The number of esters is 1. The summed E-state index contributed by atoms with van der Waals surface area (Å²) in [4.78, 5) is 28.7. The highest BCUT2D eigenvalue weighted by Crippen LogP contribution is 2.27. The van der Waals surface area contributed by atoms with Crippen molar-refractivity contribution >= 4 is 23.2 Å². The maximum atomic E-state index is 12.2. The molecule has 33 heavy (non-hydrogen) atoms. The third-order valence-electron chi connectivity index (χ3n) is 4.85. The number of methoxy groups -OCH3 is 2. The van der Waals surface area contributed by atoms with E-state index in [1.54, 1.807) is 47.1 Å². The topological polar surface area (TPSA) is 120 Å². The molecule has 10 nitrogen and oxygen atoms in total. The van der Waals surface area contributed by atoms with Crippen LogP contribution in [0.1, 0.15) is 11.3 Å². The van der Waals surface area contributed by atoms with Gasteiger partial charge in [0, 0.05) is 23.0 Å². The van der Waals surface area contributed by atoms with Crippen molar-refractivity contribution in [2.75, 3.05) is 26.1 Å². The molecule has 0 aliphatic heterocycles. The Morgan fingerprint density at radius 2 is 1.79 bits per heavy atom. The molecular formula is C23H23N5O5. The number of rotatable bonds is 8. The SMILES string of the molecule is COc1ccc(CC(=O)OCC(=O)Nc2ccc(-c3nc4cc(C)[nH]n4n3)cc2)cc1OC. The second-order valence-electron chi connectivity index (χ2n) is 7.30. The van der Waals surface area contributed by atoms with Gasteiger partial charge in [-0.15, -0.1) is 5.10 Å². The summed E-state index contributed by atoms with van der Waals surface area (Å²) in [7, 11) is 3.05. The predicted molar refractivity (Wildman–Crippen MR) is 120 cm³/mol. The molecule has 0 unspecified atom stereocenters. The molecular weight excluding hydrogens is 426 g/mol. The van der Waals surface area contributed by atoms with Crippen LogP contribution in [0.4, 0.5) is 5.69 Å². The molecule has 0 saturated heterocycles. The minimum atomic E-state index is -0.524. The molecule has 2 N–H and O–H groups in total. The van der Waals surface area contributed by atoms with E-state index in [2.05, 4.69) is 20.5 Å². The van der Waals surface area contributed by atoms with Crippen molar-refractivity contribution in [3.05, 3.63) is 59.8 Å². The third kappa shape index (κ3) is 5.12. The van der Waals surface area contributed by atoms with Crippen molar-refractivity contribution in [1.82, 2.24) is 19.8 Å². The number of carbonyl (C=O) groups is 2. The van der Waals surface area contributed by atoms with E-state index in [4.69, 9.17) is 14.2 Å². The lowest BCUT2D eigenvalue weighted by Crippen LogP contribution is -2.21. The summed E-state index contributed by atoms with van der Waals surface area (Å²) in [5.74, 6) is 0.693. The molecule has 4 rings (SSSR count). The van der Waals surface area contributed by atoms with Crippen LogP contribution in [0.15, 0.2) is 48.5 Å². The van der Waals surface area contributed by atoms with Crippen molar-refractivity contribution in [2.45, 2.75) is 13.3 Å². The van der Waals surface area contributed by atoms with Gasteiger partial charge in [-0.05, 0) is 48.9 Å². The number of hydrogen-bond acceptors (Lipinski definition) is 7. The Kier molecular flexibility index (Phi) is 6.25. The van der Waals surface area contributed by atoms with Gasteiger partial charge in [-0.3, -0.25) is 14.7 Å². The van der Waals surface area contributed by atoms with Crippen molar-refractivity contribution in [2.24, 2.45) is 0 Å². The highest BCUT2D eigenvalue weighted by Gasteiger charge is 2.12. The molecule has 2 heterocycles. The molecule has 4 aromatic rings. The number of benzene rings is 2. The van der Waals surface area contributed by atoms with Gasteiger partial charge >= 0.3 is 5.97 Å². The Morgan fingerprint density at radius 3 is 2.48 bits per heavy atom. The number of fused-ring (bicyclic) bond motifs is 1. The summed E-state index contributed by atoms with van der Waals surface area (Å²) in [5.41, 5.74) is 3.77. The number of hydrogen-bond donors (Lipinski definition) is 2. The molecule has 170 valence electrons. The maximum absolute atomic E-state index is 12.2. The smallest absolute Gasteiger partial charge is 0.310 e. The van der Waals surface area contributed by atoms with Gasteiger partial charge < -0.3 is 19.5 Å². The second-order valence-corrected chi connectivity index (χ2v) is 7.30. The highest BCUT2D eigenvalue weighted by molar-refractivity contribution is 5.93. The van der Waals surface area contributed by atoms with Crippen LogP contribution in [0.3, 0.4) is 0 Å². The van der Waals surface area contributed by atoms with E-state index in [9.17, 15) is 9.59 Å². The quantitative estimate of drug-likeness (QED) is 0.397. The van der Waals surface area contributed by atoms with E-state index in [1.807, 2.05) is 13.0 Å². The molecule has 0 fully saturated rings. The fourth-order valence-electron chi connectivity index (χ4n) is 3.27. The average molecular weight is 449 g/mol.